The van der Waals surface area contributed by atoms with Gasteiger partial charge in [0.05, 0.1) is 11.6 Å². The lowest BCUT2D eigenvalue weighted by atomic mass is 9.98. The van der Waals surface area contributed by atoms with Crippen LogP contribution in [0.5, 0.6) is 0 Å². The number of carbonyl (C=O) groups excluding carboxylic acids is 1. The van der Waals surface area contributed by atoms with Gasteiger partial charge in [0.15, 0.2) is 0 Å². The summed E-state index contributed by atoms with van der Waals surface area (Å²) in [5.74, 6) is -2.74. The number of amides is 1. The molecule has 1 aromatic carbocycles. The Balaban J connectivity index is 2.99. The standard InChI is InChI=1S/C12H15F2NO2/c1-7(16)12(2,3)15-11(17)10-8(13)5-4-6-9(10)14/h4-7,16H,1-3H3,(H,15,17). The minimum Gasteiger partial charge on any atom is -0.391 e. The summed E-state index contributed by atoms with van der Waals surface area (Å²) in [6.45, 7) is 4.61. The predicted molar refractivity (Wildman–Crippen MR) is 59.6 cm³/mol. The van der Waals surface area contributed by atoms with E-state index in [1.54, 1.807) is 13.8 Å². The van der Waals surface area contributed by atoms with Crippen LogP contribution in [0.2, 0.25) is 0 Å². The molecule has 1 aromatic rings. The lowest BCUT2D eigenvalue weighted by Crippen LogP contribution is -2.51. The van der Waals surface area contributed by atoms with Crippen molar-refractivity contribution in [2.75, 3.05) is 0 Å². The molecule has 0 aliphatic carbocycles. The predicted octanol–water partition coefficient (Wildman–Crippen LogP) is 1.85. The van der Waals surface area contributed by atoms with Crippen molar-refractivity contribution in [2.45, 2.75) is 32.4 Å². The maximum atomic E-state index is 13.3. The van der Waals surface area contributed by atoms with E-state index in [1.165, 1.54) is 13.0 Å². The second kappa shape index (κ2) is 4.79. The number of hydrogen-bond acceptors (Lipinski definition) is 2. The van der Waals surface area contributed by atoms with Crippen LogP contribution in [0.15, 0.2) is 18.2 Å². The molecule has 0 saturated carbocycles. The quantitative estimate of drug-likeness (QED) is 0.851. The minimum atomic E-state index is -0.966. The summed E-state index contributed by atoms with van der Waals surface area (Å²) in [5.41, 5.74) is -1.60. The van der Waals surface area contributed by atoms with Gasteiger partial charge in [-0.2, -0.15) is 0 Å². The highest BCUT2D eigenvalue weighted by atomic mass is 19.1. The van der Waals surface area contributed by atoms with E-state index in [1.807, 2.05) is 0 Å². The summed E-state index contributed by atoms with van der Waals surface area (Å²) in [5, 5.41) is 11.8. The van der Waals surface area contributed by atoms with Crippen LogP contribution in [-0.2, 0) is 0 Å². The van der Waals surface area contributed by atoms with Crippen molar-refractivity contribution < 1.29 is 18.7 Å². The molecule has 1 atom stereocenters. The number of carbonyl (C=O) groups is 1. The molecule has 94 valence electrons. The van der Waals surface area contributed by atoms with E-state index in [0.717, 1.165) is 12.1 Å². The highest BCUT2D eigenvalue weighted by molar-refractivity contribution is 5.95. The van der Waals surface area contributed by atoms with Gasteiger partial charge in [-0.15, -0.1) is 0 Å². The topological polar surface area (TPSA) is 49.3 Å². The van der Waals surface area contributed by atoms with Crippen molar-refractivity contribution in [1.82, 2.24) is 5.32 Å². The summed E-state index contributed by atoms with van der Waals surface area (Å²) in [6, 6.07) is 3.20. The maximum absolute atomic E-state index is 13.3. The van der Waals surface area contributed by atoms with E-state index < -0.39 is 34.7 Å². The first-order valence-corrected chi connectivity index (χ1v) is 5.20. The Bertz CT molecular complexity index is 410. The van der Waals surface area contributed by atoms with Crippen molar-refractivity contribution in [3.05, 3.63) is 35.4 Å². The van der Waals surface area contributed by atoms with E-state index in [4.69, 9.17) is 0 Å². The lowest BCUT2D eigenvalue weighted by Gasteiger charge is -2.29. The molecule has 1 unspecified atom stereocenters. The number of aliphatic hydroxyl groups excluding tert-OH is 1. The zero-order valence-corrected chi connectivity index (χ0v) is 9.92. The van der Waals surface area contributed by atoms with Crippen LogP contribution >= 0.6 is 0 Å². The van der Waals surface area contributed by atoms with Crippen molar-refractivity contribution in [3.8, 4) is 0 Å². The van der Waals surface area contributed by atoms with Crippen LogP contribution in [0, 0.1) is 11.6 Å². The largest absolute Gasteiger partial charge is 0.391 e. The third kappa shape index (κ3) is 3.00. The summed E-state index contributed by atoms with van der Waals surface area (Å²) < 4.78 is 26.6. The zero-order chi connectivity index (χ0) is 13.2. The van der Waals surface area contributed by atoms with Crippen molar-refractivity contribution in [3.63, 3.8) is 0 Å². The molecule has 0 radical (unpaired) electrons. The summed E-state index contributed by atoms with van der Waals surface area (Å²) in [4.78, 5) is 11.7. The van der Waals surface area contributed by atoms with Gasteiger partial charge in [0.25, 0.3) is 5.91 Å². The maximum Gasteiger partial charge on any atom is 0.257 e. The Morgan fingerprint density at radius 1 is 1.35 bits per heavy atom. The van der Waals surface area contributed by atoms with Crippen molar-refractivity contribution in [2.24, 2.45) is 0 Å². The first-order chi connectivity index (χ1) is 7.75. The number of nitrogens with one attached hydrogen (secondary N) is 1. The minimum absolute atomic E-state index is 0.638. The molecule has 1 rings (SSSR count). The Morgan fingerprint density at radius 2 is 1.82 bits per heavy atom. The van der Waals surface area contributed by atoms with Gasteiger partial charge in [-0.25, -0.2) is 8.78 Å². The molecular formula is C12H15F2NO2. The molecule has 1 amide bonds. The number of rotatable bonds is 3. The Kier molecular flexibility index (Phi) is 3.83. The number of halogens is 2. The normalized spacial score (nSPS) is 13.3. The molecule has 2 N–H and O–H groups in total. The molecule has 17 heavy (non-hydrogen) atoms. The third-order valence-electron chi connectivity index (χ3n) is 2.67. The highest BCUT2D eigenvalue weighted by Gasteiger charge is 2.28. The Morgan fingerprint density at radius 3 is 2.24 bits per heavy atom. The fourth-order valence-corrected chi connectivity index (χ4v) is 1.17. The summed E-state index contributed by atoms with van der Waals surface area (Å²) in [7, 11) is 0. The molecule has 0 aromatic heterocycles. The molecule has 0 aliphatic heterocycles. The van der Waals surface area contributed by atoms with E-state index in [0.29, 0.717) is 0 Å². The van der Waals surface area contributed by atoms with Crippen LogP contribution in [-0.4, -0.2) is 22.7 Å². The molecular weight excluding hydrogens is 228 g/mol. The first-order valence-electron chi connectivity index (χ1n) is 5.20. The molecule has 3 nitrogen and oxygen atoms in total. The van der Waals surface area contributed by atoms with Crippen LogP contribution < -0.4 is 5.32 Å². The SMILES string of the molecule is CC(O)C(C)(C)NC(=O)c1c(F)cccc1F. The second-order valence-electron chi connectivity index (χ2n) is 4.45. The average molecular weight is 243 g/mol. The van der Waals surface area contributed by atoms with Gasteiger partial charge in [-0.1, -0.05) is 6.07 Å². The Labute approximate surface area is 98.5 Å². The fourth-order valence-electron chi connectivity index (χ4n) is 1.17. The van der Waals surface area contributed by atoms with Crippen LogP contribution in [0.3, 0.4) is 0 Å². The summed E-state index contributed by atoms with van der Waals surface area (Å²) in [6.07, 6.45) is -0.846. The molecule has 0 aliphatic rings. The molecule has 0 saturated heterocycles. The molecule has 0 fully saturated rings. The van der Waals surface area contributed by atoms with E-state index in [2.05, 4.69) is 5.32 Å². The molecule has 0 heterocycles. The van der Waals surface area contributed by atoms with Gasteiger partial charge in [0.1, 0.15) is 17.2 Å². The fraction of sp³-hybridized carbons (Fsp3) is 0.417. The van der Waals surface area contributed by atoms with E-state index >= 15 is 0 Å². The smallest absolute Gasteiger partial charge is 0.257 e. The summed E-state index contributed by atoms with van der Waals surface area (Å²) >= 11 is 0. The second-order valence-corrected chi connectivity index (χ2v) is 4.45. The van der Waals surface area contributed by atoms with Crippen LogP contribution in [0.4, 0.5) is 8.78 Å². The molecule has 0 spiro atoms. The number of benzene rings is 1. The first kappa shape index (κ1) is 13.6. The van der Waals surface area contributed by atoms with Gasteiger partial charge in [0.2, 0.25) is 0 Å². The Hall–Kier alpha value is -1.49. The number of hydrogen-bond donors (Lipinski definition) is 2. The van der Waals surface area contributed by atoms with Gasteiger partial charge in [-0.05, 0) is 32.9 Å². The van der Waals surface area contributed by atoms with Gasteiger partial charge >= 0.3 is 0 Å². The van der Waals surface area contributed by atoms with Gasteiger partial charge in [0, 0.05) is 0 Å². The average Bonchev–Trinajstić information content (AvgIpc) is 2.15. The van der Waals surface area contributed by atoms with Crippen LogP contribution in [0.1, 0.15) is 31.1 Å². The van der Waals surface area contributed by atoms with E-state index in [-0.39, 0.29) is 0 Å². The molecule has 0 bridgehead atoms. The van der Waals surface area contributed by atoms with Gasteiger partial charge in [-0.3, -0.25) is 4.79 Å². The number of aliphatic hydroxyl groups is 1. The van der Waals surface area contributed by atoms with E-state index in [9.17, 15) is 18.7 Å². The highest BCUT2D eigenvalue weighted by Crippen LogP contribution is 2.15. The lowest BCUT2D eigenvalue weighted by molar-refractivity contribution is 0.0702. The van der Waals surface area contributed by atoms with Gasteiger partial charge < -0.3 is 10.4 Å². The van der Waals surface area contributed by atoms with Crippen molar-refractivity contribution in [1.29, 1.82) is 0 Å². The van der Waals surface area contributed by atoms with Crippen molar-refractivity contribution >= 4 is 5.91 Å². The zero-order valence-electron chi connectivity index (χ0n) is 9.92. The third-order valence-corrected chi connectivity index (χ3v) is 2.67. The van der Waals surface area contributed by atoms with Crippen LogP contribution in [0.25, 0.3) is 0 Å². The monoisotopic (exact) mass is 243 g/mol. The molecule has 5 heteroatoms.